The maximum atomic E-state index is 13.1. The van der Waals surface area contributed by atoms with Gasteiger partial charge in [-0.15, -0.1) is 11.3 Å². The summed E-state index contributed by atoms with van der Waals surface area (Å²) in [5, 5.41) is 12.1. The van der Waals surface area contributed by atoms with Crippen LogP contribution in [0.5, 0.6) is 0 Å². The fraction of sp³-hybridized carbons (Fsp3) is 0.214. The van der Waals surface area contributed by atoms with E-state index in [1.165, 1.54) is 23.5 Å². The Hall–Kier alpha value is -1.24. The molecule has 0 aliphatic heterocycles. The van der Waals surface area contributed by atoms with Crippen LogP contribution in [0.15, 0.2) is 28.7 Å². The third kappa shape index (κ3) is 3.65. The lowest BCUT2D eigenvalue weighted by Crippen LogP contribution is -2.13. The molecular weight excluding hydrogens is 345 g/mol. The van der Waals surface area contributed by atoms with Crippen molar-refractivity contribution in [3.63, 3.8) is 0 Å². The van der Waals surface area contributed by atoms with Crippen LogP contribution in [0.1, 0.15) is 25.7 Å². The summed E-state index contributed by atoms with van der Waals surface area (Å²) >= 11 is 4.64. The molecule has 1 aromatic heterocycles. The van der Waals surface area contributed by atoms with E-state index >= 15 is 0 Å². The highest BCUT2D eigenvalue weighted by atomic mass is 79.9. The molecule has 1 heterocycles. The molecule has 2 aromatic rings. The zero-order valence-electron chi connectivity index (χ0n) is 10.7. The monoisotopic (exact) mass is 357 g/mol. The van der Waals surface area contributed by atoms with Crippen molar-refractivity contribution in [2.45, 2.75) is 20.0 Å². The van der Waals surface area contributed by atoms with Crippen molar-refractivity contribution >= 4 is 33.2 Å². The number of hydrogen-bond donors (Lipinski definition) is 2. The van der Waals surface area contributed by atoms with Crippen molar-refractivity contribution in [3.05, 3.63) is 55.4 Å². The fourth-order valence-electron chi connectivity index (χ4n) is 1.81. The average molecular weight is 358 g/mol. The lowest BCUT2D eigenvalue weighted by atomic mass is 10.2. The largest absolute Gasteiger partial charge is 0.477 e. The Labute approximate surface area is 128 Å². The summed E-state index contributed by atoms with van der Waals surface area (Å²) in [7, 11) is 0. The molecule has 0 aliphatic carbocycles. The van der Waals surface area contributed by atoms with Gasteiger partial charge in [0.2, 0.25) is 0 Å². The lowest BCUT2D eigenvalue weighted by molar-refractivity contribution is 0.0702. The summed E-state index contributed by atoms with van der Waals surface area (Å²) in [5.41, 5.74) is 1.79. The number of hydrogen-bond acceptors (Lipinski definition) is 3. The Morgan fingerprint density at radius 2 is 2.05 bits per heavy atom. The van der Waals surface area contributed by atoms with E-state index in [0.29, 0.717) is 18.0 Å². The quantitative estimate of drug-likeness (QED) is 0.851. The molecular formula is C14H13BrFNO2S. The molecule has 6 heteroatoms. The molecule has 1 aromatic carbocycles. The molecule has 0 fully saturated rings. The second-order valence-corrected chi connectivity index (χ2v) is 6.45. The third-order valence-electron chi connectivity index (χ3n) is 2.87. The van der Waals surface area contributed by atoms with Gasteiger partial charge >= 0.3 is 5.97 Å². The first-order valence-electron chi connectivity index (χ1n) is 5.94. The number of aromatic carboxylic acids is 1. The molecule has 0 bridgehead atoms. The van der Waals surface area contributed by atoms with Gasteiger partial charge in [0.1, 0.15) is 10.7 Å². The molecule has 0 aliphatic rings. The van der Waals surface area contributed by atoms with Crippen LogP contribution in [0, 0.1) is 12.7 Å². The maximum Gasteiger partial charge on any atom is 0.345 e. The van der Waals surface area contributed by atoms with E-state index in [0.717, 1.165) is 20.5 Å². The predicted octanol–water partition coefficient (Wildman–Crippen LogP) is 3.95. The van der Waals surface area contributed by atoms with E-state index in [4.69, 9.17) is 5.11 Å². The molecule has 2 N–H and O–H groups in total. The highest BCUT2D eigenvalue weighted by molar-refractivity contribution is 9.10. The molecule has 0 unspecified atom stereocenters. The number of halogens is 2. The van der Waals surface area contributed by atoms with E-state index in [1.807, 2.05) is 6.92 Å². The number of aryl methyl sites for hydroxylation is 1. The van der Waals surface area contributed by atoms with Gasteiger partial charge < -0.3 is 10.4 Å². The first kappa shape index (κ1) is 15.2. The molecule has 0 radical (unpaired) electrons. The van der Waals surface area contributed by atoms with Gasteiger partial charge in [-0.05, 0) is 42.3 Å². The Kier molecular flexibility index (Phi) is 4.91. The summed E-state index contributed by atoms with van der Waals surface area (Å²) in [6.45, 7) is 2.96. The van der Waals surface area contributed by atoms with Crippen LogP contribution in [0.2, 0.25) is 0 Å². The number of carboxylic acid groups (broad SMARTS) is 1. The number of benzene rings is 1. The van der Waals surface area contributed by atoms with Gasteiger partial charge in [0.15, 0.2) is 0 Å². The van der Waals surface area contributed by atoms with Crippen molar-refractivity contribution in [1.82, 2.24) is 5.32 Å². The molecule has 106 valence electrons. The molecule has 2 rings (SSSR count). The molecule has 20 heavy (non-hydrogen) atoms. The normalized spacial score (nSPS) is 10.8. The minimum atomic E-state index is -0.905. The van der Waals surface area contributed by atoms with Crippen molar-refractivity contribution < 1.29 is 14.3 Å². The van der Waals surface area contributed by atoms with Crippen LogP contribution in [0.4, 0.5) is 4.39 Å². The second-order valence-electron chi connectivity index (χ2n) is 4.34. The van der Waals surface area contributed by atoms with E-state index in [2.05, 4.69) is 21.2 Å². The number of carbonyl (C=O) groups is 1. The van der Waals surface area contributed by atoms with Crippen LogP contribution >= 0.6 is 27.3 Å². The Balaban J connectivity index is 1.99. The van der Waals surface area contributed by atoms with E-state index < -0.39 is 5.97 Å². The number of rotatable bonds is 5. The summed E-state index contributed by atoms with van der Waals surface area (Å²) in [5.74, 6) is -1.18. The average Bonchev–Trinajstić information content (AvgIpc) is 2.76. The fourth-order valence-corrected chi connectivity index (χ4v) is 3.08. The Bertz CT molecular complexity index is 642. The van der Waals surface area contributed by atoms with Gasteiger partial charge in [0, 0.05) is 22.4 Å². The van der Waals surface area contributed by atoms with Crippen LogP contribution in [-0.2, 0) is 13.1 Å². The van der Waals surface area contributed by atoms with Crippen LogP contribution < -0.4 is 5.32 Å². The Morgan fingerprint density at radius 3 is 2.70 bits per heavy atom. The molecule has 0 spiro atoms. The van der Waals surface area contributed by atoms with Crippen LogP contribution in [0.25, 0.3) is 0 Å². The third-order valence-corrected chi connectivity index (χ3v) is 4.72. The first-order valence-corrected chi connectivity index (χ1v) is 7.55. The Morgan fingerprint density at radius 1 is 1.35 bits per heavy atom. The molecule has 0 saturated heterocycles. The highest BCUT2D eigenvalue weighted by Crippen LogP contribution is 2.22. The van der Waals surface area contributed by atoms with Gasteiger partial charge in [0.25, 0.3) is 0 Å². The van der Waals surface area contributed by atoms with Gasteiger partial charge in [-0.25, -0.2) is 9.18 Å². The van der Waals surface area contributed by atoms with Gasteiger partial charge in [-0.1, -0.05) is 15.9 Å². The minimum absolute atomic E-state index is 0.273. The van der Waals surface area contributed by atoms with Crippen molar-refractivity contribution in [2.24, 2.45) is 0 Å². The zero-order chi connectivity index (χ0) is 14.7. The van der Waals surface area contributed by atoms with Crippen molar-refractivity contribution in [2.75, 3.05) is 0 Å². The van der Waals surface area contributed by atoms with Crippen LogP contribution in [-0.4, -0.2) is 11.1 Å². The highest BCUT2D eigenvalue weighted by Gasteiger charge is 2.10. The molecule has 3 nitrogen and oxygen atoms in total. The SMILES string of the molecule is Cc1sc(C(=O)O)cc1CNCc1cc(F)ccc1Br. The van der Waals surface area contributed by atoms with Gasteiger partial charge in [-0.3, -0.25) is 0 Å². The molecule has 0 saturated carbocycles. The number of nitrogens with one attached hydrogen (secondary N) is 1. The summed E-state index contributed by atoms with van der Waals surface area (Å²) < 4.78 is 14.0. The van der Waals surface area contributed by atoms with Crippen molar-refractivity contribution in [1.29, 1.82) is 0 Å². The van der Waals surface area contributed by atoms with E-state index in [-0.39, 0.29) is 5.82 Å². The summed E-state index contributed by atoms with van der Waals surface area (Å²) in [4.78, 5) is 12.2. The first-order chi connectivity index (χ1) is 9.47. The maximum absolute atomic E-state index is 13.1. The number of carboxylic acids is 1. The predicted molar refractivity (Wildman–Crippen MR) is 80.7 cm³/mol. The topological polar surface area (TPSA) is 49.3 Å². The van der Waals surface area contributed by atoms with E-state index in [9.17, 15) is 9.18 Å². The molecule has 0 atom stereocenters. The smallest absolute Gasteiger partial charge is 0.345 e. The molecule has 0 amide bonds. The standard InChI is InChI=1S/C14H13BrFNO2S/c1-8-9(5-13(20-8)14(18)19)6-17-7-10-4-11(16)2-3-12(10)15/h2-5,17H,6-7H2,1H3,(H,18,19). The van der Waals surface area contributed by atoms with Gasteiger partial charge in [-0.2, -0.15) is 0 Å². The van der Waals surface area contributed by atoms with Gasteiger partial charge in [0.05, 0.1) is 0 Å². The summed E-state index contributed by atoms with van der Waals surface area (Å²) in [6.07, 6.45) is 0. The van der Waals surface area contributed by atoms with E-state index in [1.54, 1.807) is 12.1 Å². The van der Waals surface area contributed by atoms with Crippen LogP contribution in [0.3, 0.4) is 0 Å². The lowest BCUT2D eigenvalue weighted by Gasteiger charge is -2.07. The minimum Gasteiger partial charge on any atom is -0.477 e. The van der Waals surface area contributed by atoms with Crippen molar-refractivity contribution in [3.8, 4) is 0 Å². The summed E-state index contributed by atoms with van der Waals surface area (Å²) in [6, 6.07) is 6.22. The number of thiophene rings is 1. The second kappa shape index (κ2) is 6.47. The zero-order valence-corrected chi connectivity index (χ0v) is 13.1.